The first-order valence-electron chi connectivity index (χ1n) is 3.53. The van der Waals surface area contributed by atoms with Crippen LogP contribution >= 0.6 is 0 Å². The van der Waals surface area contributed by atoms with Gasteiger partial charge in [0.2, 0.25) is 0 Å². The number of aromatic nitrogens is 2. The second-order valence-corrected chi connectivity index (χ2v) is 2.54. The molecule has 64 valence electrons. The maximum Gasteiger partial charge on any atom is 0.323 e. The van der Waals surface area contributed by atoms with Crippen molar-refractivity contribution in [2.75, 3.05) is 0 Å². The molecule has 2 N–H and O–H groups in total. The number of nitriles is 1. The SMILES string of the molecule is N#Cc1ccc2[nH]c(=O)[nH]c2c1F. The van der Waals surface area contributed by atoms with Gasteiger partial charge in [-0.25, -0.2) is 9.18 Å². The third kappa shape index (κ3) is 0.999. The molecule has 0 unspecified atom stereocenters. The number of nitrogens with one attached hydrogen (secondary N) is 2. The fourth-order valence-electron chi connectivity index (χ4n) is 1.16. The minimum absolute atomic E-state index is 0.0454. The Hall–Kier alpha value is -2.09. The van der Waals surface area contributed by atoms with Crippen LogP contribution in [0.4, 0.5) is 4.39 Å². The minimum atomic E-state index is -0.696. The normalized spacial score (nSPS) is 10.2. The molecule has 0 fully saturated rings. The van der Waals surface area contributed by atoms with Crippen molar-refractivity contribution in [3.63, 3.8) is 0 Å². The Labute approximate surface area is 71.6 Å². The molecule has 0 saturated heterocycles. The van der Waals surface area contributed by atoms with Gasteiger partial charge in [0, 0.05) is 0 Å². The van der Waals surface area contributed by atoms with Crippen LogP contribution in [0.25, 0.3) is 11.0 Å². The summed E-state index contributed by atoms with van der Waals surface area (Å²) in [7, 11) is 0. The second-order valence-electron chi connectivity index (χ2n) is 2.54. The third-order valence-electron chi connectivity index (χ3n) is 1.75. The number of imidazole rings is 1. The summed E-state index contributed by atoms with van der Waals surface area (Å²) in [6, 6.07) is 4.49. The lowest BCUT2D eigenvalue weighted by molar-refractivity contribution is 0.633. The molecule has 0 aliphatic rings. The zero-order chi connectivity index (χ0) is 9.42. The number of aromatic amines is 2. The second kappa shape index (κ2) is 2.45. The summed E-state index contributed by atoms with van der Waals surface area (Å²) in [5.41, 5.74) is -0.155. The first-order valence-corrected chi connectivity index (χ1v) is 3.53. The smallest absolute Gasteiger partial charge is 0.306 e. The lowest BCUT2D eigenvalue weighted by atomic mass is 10.2. The predicted molar refractivity (Wildman–Crippen MR) is 43.6 cm³/mol. The van der Waals surface area contributed by atoms with Crippen molar-refractivity contribution in [3.8, 4) is 6.07 Å². The van der Waals surface area contributed by atoms with Crippen LogP contribution in [0, 0.1) is 17.1 Å². The van der Waals surface area contributed by atoms with Crippen molar-refractivity contribution in [1.29, 1.82) is 5.26 Å². The molecule has 1 heterocycles. The van der Waals surface area contributed by atoms with Crippen molar-refractivity contribution < 1.29 is 4.39 Å². The Morgan fingerprint density at radius 2 is 2.15 bits per heavy atom. The van der Waals surface area contributed by atoms with E-state index in [2.05, 4.69) is 9.97 Å². The van der Waals surface area contributed by atoms with E-state index in [1.165, 1.54) is 12.1 Å². The Balaban J connectivity index is 2.95. The van der Waals surface area contributed by atoms with Gasteiger partial charge in [0.15, 0.2) is 5.82 Å². The summed E-state index contributed by atoms with van der Waals surface area (Å²) in [6.45, 7) is 0. The van der Waals surface area contributed by atoms with Crippen molar-refractivity contribution in [2.45, 2.75) is 0 Å². The van der Waals surface area contributed by atoms with Crippen molar-refractivity contribution in [3.05, 3.63) is 34.0 Å². The zero-order valence-corrected chi connectivity index (χ0v) is 6.39. The van der Waals surface area contributed by atoms with Gasteiger partial charge in [0.25, 0.3) is 0 Å². The van der Waals surface area contributed by atoms with E-state index in [0.717, 1.165) is 0 Å². The summed E-state index contributed by atoms with van der Waals surface area (Å²) in [5.74, 6) is -0.696. The Kier molecular flexibility index (Phi) is 1.43. The fraction of sp³-hybridized carbons (Fsp3) is 0. The molecule has 0 saturated carbocycles. The first kappa shape index (κ1) is 7.55. The number of halogens is 1. The molecule has 0 radical (unpaired) electrons. The average Bonchev–Trinajstić information content (AvgIpc) is 2.47. The summed E-state index contributed by atoms with van der Waals surface area (Å²) < 4.78 is 13.3. The Morgan fingerprint density at radius 1 is 1.38 bits per heavy atom. The topological polar surface area (TPSA) is 72.4 Å². The number of H-pyrrole nitrogens is 2. The van der Waals surface area contributed by atoms with Gasteiger partial charge in [-0.3, -0.25) is 0 Å². The maximum absolute atomic E-state index is 13.3. The van der Waals surface area contributed by atoms with Gasteiger partial charge in [-0.2, -0.15) is 5.26 Å². The van der Waals surface area contributed by atoms with Crippen molar-refractivity contribution in [1.82, 2.24) is 9.97 Å². The van der Waals surface area contributed by atoms with Crippen LogP contribution in [-0.2, 0) is 0 Å². The molecule has 1 aromatic heterocycles. The van der Waals surface area contributed by atoms with E-state index in [1.54, 1.807) is 6.07 Å². The highest BCUT2D eigenvalue weighted by atomic mass is 19.1. The molecule has 5 heteroatoms. The summed E-state index contributed by atoms with van der Waals surface area (Å²) in [5, 5.41) is 8.49. The predicted octanol–water partition coefficient (Wildman–Crippen LogP) is 0.867. The highest BCUT2D eigenvalue weighted by molar-refractivity contribution is 5.76. The van der Waals surface area contributed by atoms with Gasteiger partial charge in [-0.1, -0.05) is 0 Å². The van der Waals surface area contributed by atoms with E-state index in [0.29, 0.717) is 5.52 Å². The van der Waals surface area contributed by atoms with Gasteiger partial charge >= 0.3 is 5.69 Å². The standard InChI is InChI=1S/C8H4FN3O/c9-6-4(3-10)1-2-5-7(6)12-8(13)11-5/h1-2H,(H2,11,12,13). The van der Waals surface area contributed by atoms with Crippen LogP contribution < -0.4 is 5.69 Å². The van der Waals surface area contributed by atoms with Crippen LogP contribution in [0.1, 0.15) is 5.56 Å². The van der Waals surface area contributed by atoms with Gasteiger partial charge in [-0.05, 0) is 12.1 Å². The molecule has 0 aliphatic heterocycles. The average molecular weight is 177 g/mol. The Morgan fingerprint density at radius 3 is 2.85 bits per heavy atom. The largest absolute Gasteiger partial charge is 0.323 e. The van der Waals surface area contributed by atoms with Gasteiger partial charge in [0.05, 0.1) is 11.1 Å². The monoisotopic (exact) mass is 177 g/mol. The van der Waals surface area contributed by atoms with Crippen LogP contribution in [0.15, 0.2) is 16.9 Å². The van der Waals surface area contributed by atoms with Gasteiger partial charge in [-0.15, -0.1) is 0 Å². The highest BCUT2D eigenvalue weighted by Crippen LogP contribution is 2.15. The van der Waals surface area contributed by atoms with Crippen molar-refractivity contribution in [2.24, 2.45) is 0 Å². The molecular formula is C8H4FN3O. The van der Waals surface area contributed by atoms with E-state index in [1.807, 2.05) is 0 Å². The number of hydrogen-bond acceptors (Lipinski definition) is 2. The highest BCUT2D eigenvalue weighted by Gasteiger charge is 2.08. The molecule has 2 rings (SSSR count). The van der Waals surface area contributed by atoms with Crippen LogP contribution in [-0.4, -0.2) is 9.97 Å². The zero-order valence-electron chi connectivity index (χ0n) is 6.39. The summed E-state index contributed by atoms with van der Waals surface area (Å²) in [6.07, 6.45) is 0. The molecule has 0 atom stereocenters. The van der Waals surface area contributed by atoms with Crippen molar-refractivity contribution >= 4 is 11.0 Å². The molecule has 0 aliphatic carbocycles. The number of rotatable bonds is 0. The molecule has 0 spiro atoms. The number of benzene rings is 1. The molecule has 0 bridgehead atoms. The molecular weight excluding hydrogens is 173 g/mol. The first-order chi connectivity index (χ1) is 6.22. The van der Waals surface area contributed by atoms with Crippen LogP contribution in [0.2, 0.25) is 0 Å². The van der Waals surface area contributed by atoms with E-state index >= 15 is 0 Å². The number of nitrogens with zero attached hydrogens (tertiary/aromatic N) is 1. The third-order valence-corrected chi connectivity index (χ3v) is 1.75. The van der Waals surface area contributed by atoms with Gasteiger partial charge < -0.3 is 9.97 Å². The lowest BCUT2D eigenvalue weighted by Crippen LogP contribution is -1.99. The number of hydrogen-bond donors (Lipinski definition) is 2. The summed E-state index contributed by atoms with van der Waals surface area (Å²) in [4.78, 5) is 15.4. The fourth-order valence-corrected chi connectivity index (χ4v) is 1.16. The quantitative estimate of drug-likeness (QED) is 0.626. The van der Waals surface area contributed by atoms with Crippen LogP contribution in [0.5, 0.6) is 0 Å². The molecule has 1 aromatic carbocycles. The maximum atomic E-state index is 13.3. The Bertz CT molecular complexity index is 561. The molecule has 0 amide bonds. The minimum Gasteiger partial charge on any atom is -0.306 e. The molecule has 4 nitrogen and oxygen atoms in total. The van der Waals surface area contributed by atoms with Gasteiger partial charge in [0.1, 0.15) is 11.6 Å². The molecule has 13 heavy (non-hydrogen) atoms. The van der Waals surface area contributed by atoms with Crippen LogP contribution in [0.3, 0.4) is 0 Å². The molecule has 2 aromatic rings. The van der Waals surface area contributed by atoms with E-state index < -0.39 is 11.5 Å². The van der Waals surface area contributed by atoms with E-state index in [4.69, 9.17) is 5.26 Å². The van der Waals surface area contributed by atoms with E-state index in [-0.39, 0.29) is 11.1 Å². The number of fused-ring (bicyclic) bond motifs is 1. The lowest BCUT2D eigenvalue weighted by Gasteiger charge is -1.92. The van der Waals surface area contributed by atoms with E-state index in [9.17, 15) is 9.18 Å². The summed E-state index contributed by atoms with van der Waals surface area (Å²) >= 11 is 0.